The Bertz CT molecular complexity index is 1160. The standard InChI is InChI=1S/C27H29ClN2O3S/c1-19-7-3-4-10-22(19)26-23-12-16-34-24(23)11-14-30(26)25(31)18-29(13-6-15-33-2)27(32)20-8-5-9-21(28)17-20/h3-5,7-10,12,16-17,26H,6,11,13-15,18H2,1-2H3. The van der Waals surface area contributed by atoms with E-state index >= 15 is 0 Å². The monoisotopic (exact) mass is 496 g/mol. The highest BCUT2D eigenvalue weighted by Crippen LogP contribution is 2.39. The molecule has 2 heterocycles. The van der Waals surface area contributed by atoms with Gasteiger partial charge in [-0.15, -0.1) is 11.3 Å². The van der Waals surface area contributed by atoms with Crippen molar-refractivity contribution in [3.63, 3.8) is 0 Å². The molecule has 4 rings (SSSR count). The van der Waals surface area contributed by atoms with Crippen LogP contribution in [0.5, 0.6) is 0 Å². The molecule has 7 heteroatoms. The fourth-order valence-corrected chi connectivity index (χ4v) is 5.62. The van der Waals surface area contributed by atoms with E-state index in [-0.39, 0.29) is 24.4 Å². The van der Waals surface area contributed by atoms with Crippen LogP contribution in [0, 0.1) is 6.92 Å². The average molecular weight is 497 g/mol. The van der Waals surface area contributed by atoms with E-state index in [1.165, 1.54) is 10.4 Å². The van der Waals surface area contributed by atoms with Gasteiger partial charge in [0.25, 0.3) is 5.91 Å². The highest BCUT2D eigenvalue weighted by Gasteiger charge is 2.34. The number of methoxy groups -OCH3 is 1. The predicted octanol–water partition coefficient (Wildman–Crippen LogP) is 5.36. The minimum atomic E-state index is -0.201. The van der Waals surface area contributed by atoms with E-state index in [4.69, 9.17) is 16.3 Å². The normalized spacial score (nSPS) is 15.1. The van der Waals surface area contributed by atoms with Crippen LogP contribution in [-0.4, -0.2) is 55.0 Å². The van der Waals surface area contributed by atoms with Crippen LogP contribution in [0.2, 0.25) is 5.02 Å². The van der Waals surface area contributed by atoms with Crippen molar-refractivity contribution in [1.82, 2.24) is 9.80 Å². The summed E-state index contributed by atoms with van der Waals surface area (Å²) < 4.78 is 5.18. The summed E-state index contributed by atoms with van der Waals surface area (Å²) in [4.78, 5) is 32.0. The highest BCUT2D eigenvalue weighted by atomic mass is 35.5. The fourth-order valence-electron chi connectivity index (χ4n) is 4.52. The van der Waals surface area contributed by atoms with E-state index in [9.17, 15) is 9.59 Å². The van der Waals surface area contributed by atoms with Crippen molar-refractivity contribution in [3.8, 4) is 0 Å². The lowest BCUT2D eigenvalue weighted by molar-refractivity contribution is -0.134. The molecule has 1 aliphatic heterocycles. The number of amides is 2. The Morgan fingerprint density at radius 3 is 2.74 bits per heavy atom. The molecule has 0 fully saturated rings. The molecule has 1 aromatic heterocycles. The number of hydrogen-bond acceptors (Lipinski definition) is 4. The Labute approximate surface area is 209 Å². The van der Waals surface area contributed by atoms with Gasteiger partial charge in [-0.3, -0.25) is 9.59 Å². The molecule has 0 bridgehead atoms. The van der Waals surface area contributed by atoms with Crippen LogP contribution >= 0.6 is 22.9 Å². The van der Waals surface area contributed by atoms with Gasteiger partial charge in [-0.05, 0) is 66.1 Å². The number of carbonyl (C=O) groups is 2. The van der Waals surface area contributed by atoms with E-state index in [2.05, 4.69) is 30.5 Å². The predicted molar refractivity (Wildman–Crippen MR) is 137 cm³/mol. The molecule has 178 valence electrons. The minimum absolute atomic E-state index is 0.0108. The van der Waals surface area contributed by atoms with Crippen molar-refractivity contribution in [3.05, 3.63) is 92.1 Å². The Balaban J connectivity index is 1.62. The van der Waals surface area contributed by atoms with Crippen molar-refractivity contribution < 1.29 is 14.3 Å². The Morgan fingerprint density at radius 2 is 1.97 bits per heavy atom. The van der Waals surface area contributed by atoms with Crippen LogP contribution in [0.3, 0.4) is 0 Å². The summed E-state index contributed by atoms with van der Waals surface area (Å²) in [6.07, 6.45) is 1.47. The van der Waals surface area contributed by atoms with Crippen LogP contribution < -0.4 is 0 Å². The van der Waals surface area contributed by atoms with Gasteiger partial charge in [-0.25, -0.2) is 0 Å². The fraction of sp³-hybridized carbons (Fsp3) is 0.333. The van der Waals surface area contributed by atoms with Gasteiger partial charge < -0.3 is 14.5 Å². The first kappa shape index (κ1) is 24.5. The number of ether oxygens (including phenoxy) is 1. The third-order valence-corrected chi connectivity index (χ3v) is 7.46. The molecular weight excluding hydrogens is 468 g/mol. The molecule has 2 aromatic carbocycles. The van der Waals surface area contributed by atoms with Crippen LogP contribution in [0.15, 0.2) is 60.0 Å². The first-order valence-corrected chi connectivity index (χ1v) is 12.7. The van der Waals surface area contributed by atoms with E-state index in [1.54, 1.807) is 47.6 Å². The quantitative estimate of drug-likeness (QED) is 0.394. The molecule has 1 aliphatic rings. The maximum absolute atomic E-state index is 13.7. The second-order valence-electron chi connectivity index (χ2n) is 8.48. The third kappa shape index (κ3) is 5.35. The van der Waals surface area contributed by atoms with Crippen molar-refractivity contribution in [1.29, 1.82) is 0 Å². The van der Waals surface area contributed by atoms with Gasteiger partial charge in [0.2, 0.25) is 5.91 Å². The number of hydrogen-bond donors (Lipinski definition) is 0. The number of nitrogens with zero attached hydrogens (tertiary/aromatic N) is 2. The van der Waals surface area contributed by atoms with E-state index in [0.717, 1.165) is 17.5 Å². The van der Waals surface area contributed by atoms with E-state index in [0.29, 0.717) is 36.7 Å². The summed E-state index contributed by atoms with van der Waals surface area (Å²) in [5, 5.41) is 2.60. The molecule has 3 aromatic rings. The van der Waals surface area contributed by atoms with E-state index in [1.807, 2.05) is 17.0 Å². The van der Waals surface area contributed by atoms with Crippen molar-refractivity contribution in [2.24, 2.45) is 0 Å². The van der Waals surface area contributed by atoms with Gasteiger partial charge >= 0.3 is 0 Å². The third-order valence-electron chi connectivity index (χ3n) is 6.23. The summed E-state index contributed by atoms with van der Waals surface area (Å²) in [6.45, 7) is 3.66. The van der Waals surface area contributed by atoms with Crippen LogP contribution in [-0.2, 0) is 16.0 Å². The molecule has 5 nitrogen and oxygen atoms in total. The molecular formula is C27H29ClN2O3S. The Kier molecular flexibility index (Phi) is 8.03. The molecule has 0 saturated heterocycles. The number of fused-ring (bicyclic) bond motifs is 1. The summed E-state index contributed by atoms with van der Waals surface area (Å²) in [6, 6.07) is 17.1. The van der Waals surface area contributed by atoms with E-state index < -0.39 is 0 Å². The number of halogens is 1. The number of thiophene rings is 1. The summed E-state index contributed by atoms with van der Waals surface area (Å²) >= 11 is 7.87. The molecule has 1 atom stereocenters. The zero-order chi connectivity index (χ0) is 24.1. The van der Waals surface area contributed by atoms with Gasteiger partial charge in [0.15, 0.2) is 0 Å². The lowest BCUT2D eigenvalue weighted by Crippen LogP contribution is -2.47. The van der Waals surface area contributed by atoms with Crippen molar-refractivity contribution in [2.45, 2.75) is 25.8 Å². The maximum Gasteiger partial charge on any atom is 0.254 e. The SMILES string of the molecule is COCCCN(CC(=O)N1CCc2sccc2C1c1ccccc1C)C(=O)c1cccc(Cl)c1. The Hall–Kier alpha value is -2.67. The first-order valence-electron chi connectivity index (χ1n) is 11.4. The number of carbonyl (C=O) groups excluding carboxylic acids is 2. The van der Waals surface area contributed by atoms with Crippen LogP contribution in [0.1, 0.15) is 44.4 Å². The van der Waals surface area contributed by atoms with Crippen LogP contribution in [0.25, 0.3) is 0 Å². The van der Waals surface area contributed by atoms with Crippen LogP contribution in [0.4, 0.5) is 0 Å². The maximum atomic E-state index is 13.7. The highest BCUT2D eigenvalue weighted by molar-refractivity contribution is 7.10. The molecule has 1 unspecified atom stereocenters. The summed E-state index contributed by atoms with van der Waals surface area (Å²) in [7, 11) is 1.63. The molecule has 0 spiro atoms. The second kappa shape index (κ2) is 11.2. The summed E-state index contributed by atoms with van der Waals surface area (Å²) in [5.74, 6) is -0.259. The molecule has 0 aliphatic carbocycles. The molecule has 34 heavy (non-hydrogen) atoms. The lowest BCUT2D eigenvalue weighted by Gasteiger charge is -2.38. The van der Waals surface area contributed by atoms with Crippen molar-refractivity contribution >= 4 is 34.8 Å². The molecule has 0 N–H and O–H groups in total. The molecule has 0 radical (unpaired) electrons. The first-order chi connectivity index (χ1) is 16.5. The zero-order valence-electron chi connectivity index (χ0n) is 19.5. The Morgan fingerprint density at radius 1 is 1.15 bits per heavy atom. The lowest BCUT2D eigenvalue weighted by atomic mass is 9.90. The van der Waals surface area contributed by atoms with Gasteiger partial charge in [-0.1, -0.05) is 41.9 Å². The zero-order valence-corrected chi connectivity index (χ0v) is 21.1. The average Bonchev–Trinajstić information content (AvgIpc) is 3.32. The van der Waals surface area contributed by atoms with Gasteiger partial charge in [0.1, 0.15) is 6.54 Å². The number of aryl methyl sites for hydroxylation is 1. The van der Waals surface area contributed by atoms with Gasteiger partial charge in [0, 0.05) is 42.3 Å². The van der Waals surface area contributed by atoms with Crippen molar-refractivity contribution in [2.75, 3.05) is 33.4 Å². The number of rotatable bonds is 8. The smallest absolute Gasteiger partial charge is 0.254 e. The summed E-state index contributed by atoms with van der Waals surface area (Å²) in [5.41, 5.74) is 3.94. The number of benzene rings is 2. The molecule has 2 amide bonds. The largest absolute Gasteiger partial charge is 0.385 e. The second-order valence-corrected chi connectivity index (χ2v) is 9.92. The van der Waals surface area contributed by atoms with Gasteiger partial charge in [0.05, 0.1) is 6.04 Å². The molecule has 0 saturated carbocycles. The minimum Gasteiger partial charge on any atom is -0.385 e. The van der Waals surface area contributed by atoms with Gasteiger partial charge in [-0.2, -0.15) is 0 Å². The topological polar surface area (TPSA) is 49.9 Å².